The summed E-state index contributed by atoms with van der Waals surface area (Å²) in [5.41, 5.74) is 0. The van der Waals surface area contributed by atoms with Gasteiger partial charge in [-0.15, -0.1) is 0 Å². The lowest BCUT2D eigenvalue weighted by atomic mass is 13.8. The molecule has 0 aliphatic rings. The van der Waals surface area contributed by atoms with Gasteiger partial charge in [-0.1, -0.05) is 0 Å². The molecule has 0 fully saturated rings. The maximum atomic E-state index is 4.64. The second-order valence-corrected chi connectivity index (χ2v) is 12.1. The zero-order valence-corrected chi connectivity index (χ0v) is 13.0. The van der Waals surface area contributed by atoms with Crippen LogP contribution >= 0.6 is 0 Å². The van der Waals surface area contributed by atoms with Crippen LogP contribution in [0.2, 0.25) is 0 Å². The molecule has 0 aromatic heterocycles. The summed E-state index contributed by atoms with van der Waals surface area (Å²) in [7, 11) is 4.72. The Morgan fingerprint density at radius 2 is 1.00 bits per heavy atom. The average Bonchev–Trinajstić information content (AvgIpc) is 1.41. The first-order valence-corrected chi connectivity index (χ1v) is 5.76. The van der Waals surface area contributed by atoms with Crippen molar-refractivity contribution < 1.29 is 0 Å². The average molecular weight is 154 g/mol. The molecule has 0 aliphatic carbocycles. The number of rotatable bonds is 0. The molecule has 0 spiro atoms. The lowest BCUT2D eigenvalue weighted by Crippen LogP contribution is -2.08. The molecule has 0 aromatic rings. The van der Waals surface area contributed by atoms with Crippen molar-refractivity contribution >= 4 is 41.6 Å². The van der Waals surface area contributed by atoms with E-state index in [0.717, 1.165) is 10.4 Å². The van der Waals surface area contributed by atoms with Crippen LogP contribution in [-0.2, 0) is 0 Å². The molecule has 2 N–H and O–H groups in total. The van der Waals surface area contributed by atoms with E-state index >= 15 is 0 Å². The molecule has 0 rings (SSSR count). The molecule has 0 atom stereocenters. The summed E-state index contributed by atoms with van der Waals surface area (Å²) >= 11 is 0. The Morgan fingerprint density at radius 1 is 1.00 bits per heavy atom. The van der Waals surface area contributed by atoms with Gasteiger partial charge < -0.3 is 9.30 Å². The first-order valence-electron chi connectivity index (χ1n) is 1.92. The van der Waals surface area contributed by atoms with Crippen molar-refractivity contribution in [2.45, 2.75) is 0 Å². The minimum atomic E-state index is 0.806. The molecule has 0 saturated heterocycles. The smallest absolute Gasteiger partial charge is 0.0716 e. The lowest BCUT2D eigenvalue weighted by Gasteiger charge is -1.91. The monoisotopic (exact) mass is 154 g/mol. The normalized spacial score (nSPS) is 9.00. The number of hydrogen-bond acceptors (Lipinski definition) is 2. The zero-order chi connectivity index (χ0) is 5.58. The summed E-state index contributed by atoms with van der Waals surface area (Å²) < 4.78 is 2.42. The zero-order valence-electron chi connectivity index (χ0n) is 5.02. The molecular formula is H14N2Si4. The largest absolute Gasteiger partial charge is 0.390 e. The van der Waals surface area contributed by atoms with Crippen LogP contribution in [0.5, 0.6) is 0 Å². The van der Waals surface area contributed by atoms with Crippen LogP contribution in [0.15, 0.2) is 0 Å². The van der Waals surface area contributed by atoms with E-state index in [4.69, 9.17) is 0 Å². The first-order chi connectivity index (χ1) is 2.73. The van der Waals surface area contributed by atoms with Gasteiger partial charge in [0.25, 0.3) is 0 Å². The fraction of sp³-hybridized carbons (Fsp3) is 0. The Morgan fingerprint density at radius 3 is 1.00 bits per heavy atom. The van der Waals surface area contributed by atoms with E-state index in [0.29, 0.717) is 0 Å². The Bertz CT molecular complexity index is 10.3. The number of hydrogen-bond donors (Lipinski definition) is 1. The van der Waals surface area contributed by atoms with E-state index in [1.807, 2.05) is 0 Å². The van der Waals surface area contributed by atoms with E-state index in [9.17, 15) is 0 Å². The maximum absolute atomic E-state index is 4.64. The molecule has 0 aromatic carbocycles. The fourth-order valence-corrected chi connectivity index (χ4v) is 0. The van der Waals surface area contributed by atoms with Gasteiger partial charge in [-0.25, -0.2) is 0 Å². The SMILES string of the molecule is N[SiH3].[SiH3]N([SiH3])[SiH3]. The summed E-state index contributed by atoms with van der Waals surface area (Å²) in [5, 5.41) is 4.64. The van der Waals surface area contributed by atoms with E-state index < -0.39 is 0 Å². The molecule has 6 heavy (non-hydrogen) atoms. The van der Waals surface area contributed by atoms with Crippen molar-refractivity contribution in [3.8, 4) is 0 Å². The van der Waals surface area contributed by atoms with Crippen LogP contribution in [0.25, 0.3) is 0 Å². The van der Waals surface area contributed by atoms with Gasteiger partial charge in [0.05, 0.1) is 41.6 Å². The molecule has 0 heterocycles. The van der Waals surface area contributed by atoms with E-state index in [-0.39, 0.29) is 0 Å². The molecule has 0 aliphatic heterocycles. The van der Waals surface area contributed by atoms with E-state index in [2.05, 4.69) is 9.30 Å². The predicted molar refractivity (Wildman–Crippen MR) is 45.8 cm³/mol. The Kier molecular flexibility index (Phi) is 15.3. The predicted octanol–water partition coefficient (Wildman–Crippen LogP) is -5.64. The highest BCUT2D eigenvalue weighted by Gasteiger charge is 1.58. The summed E-state index contributed by atoms with van der Waals surface area (Å²) in [4.78, 5) is 0. The lowest BCUT2D eigenvalue weighted by molar-refractivity contribution is 1.18. The van der Waals surface area contributed by atoms with Gasteiger partial charge in [-0.05, 0) is 0 Å². The molecular weight excluding hydrogens is 140 g/mol. The molecule has 2 nitrogen and oxygen atoms in total. The summed E-state index contributed by atoms with van der Waals surface area (Å²) in [6.45, 7) is 0. The van der Waals surface area contributed by atoms with Gasteiger partial charge in [0.2, 0.25) is 0 Å². The van der Waals surface area contributed by atoms with E-state index in [1.165, 1.54) is 31.2 Å². The fourth-order valence-electron chi connectivity index (χ4n) is 0. The molecule has 0 radical (unpaired) electrons. The van der Waals surface area contributed by atoms with Gasteiger partial charge in [0.1, 0.15) is 0 Å². The van der Waals surface area contributed by atoms with Gasteiger partial charge in [0, 0.05) is 0 Å². The summed E-state index contributed by atoms with van der Waals surface area (Å²) in [6, 6.07) is 0. The standard InChI is InChI=1S/H9NSi3.H5NSi/c2-1(3)4;1-2/h2-4H3;1H2,2H3. The quantitative estimate of drug-likeness (QED) is 0.353. The third-order valence-electron chi connectivity index (χ3n) is 0. The van der Waals surface area contributed by atoms with Crippen molar-refractivity contribution in [3.05, 3.63) is 0 Å². The van der Waals surface area contributed by atoms with Gasteiger partial charge in [-0.3, -0.25) is 0 Å². The second kappa shape index (κ2) is 9.25. The Hall–Kier alpha value is 0.788. The van der Waals surface area contributed by atoms with Crippen LogP contribution in [0.1, 0.15) is 0 Å². The summed E-state index contributed by atoms with van der Waals surface area (Å²) in [6.07, 6.45) is 0. The van der Waals surface area contributed by atoms with Crippen LogP contribution < -0.4 is 5.40 Å². The summed E-state index contributed by atoms with van der Waals surface area (Å²) in [5.74, 6) is 0. The van der Waals surface area contributed by atoms with Crippen LogP contribution in [0, 0.1) is 0 Å². The third-order valence-corrected chi connectivity index (χ3v) is 0. The third kappa shape index (κ3) is 111. The van der Waals surface area contributed by atoms with Crippen LogP contribution in [0.3, 0.4) is 0 Å². The minimum absolute atomic E-state index is 0.806. The van der Waals surface area contributed by atoms with Gasteiger partial charge in [-0.2, -0.15) is 0 Å². The van der Waals surface area contributed by atoms with Crippen LogP contribution in [-0.4, -0.2) is 45.5 Å². The highest BCUT2D eigenvalue weighted by Crippen LogP contribution is 1.38. The van der Waals surface area contributed by atoms with Crippen molar-refractivity contribution in [1.29, 1.82) is 0 Å². The number of nitrogens with zero attached hydrogens (tertiary/aromatic N) is 1. The molecule has 0 saturated carbocycles. The van der Waals surface area contributed by atoms with Crippen molar-refractivity contribution in [2.24, 2.45) is 5.40 Å². The maximum Gasteiger partial charge on any atom is 0.0716 e. The highest BCUT2D eigenvalue weighted by atomic mass is 28.3. The first kappa shape index (κ1) is 9.92. The van der Waals surface area contributed by atoms with Gasteiger partial charge >= 0.3 is 0 Å². The molecule has 0 unspecified atom stereocenters. The number of nitrogens with two attached hydrogens (primary N) is 1. The highest BCUT2D eigenvalue weighted by molar-refractivity contribution is 6.41. The van der Waals surface area contributed by atoms with Crippen molar-refractivity contribution in [2.75, 3.05) is 0 Å². The second-order valence-electron chi connectivity index (χ2n) is 1.34. The van der Waals surface area contributed by atoms with Crippen LogP contribution in [0.4, 0.5) is 0 Å². The molecule has 0 amide bonds. The molecule has 40 valence electrons. The van der Waals surface area contributed by atoms with Crippen molar-refractivity contribution in [1.82, 2.24) is 3.90 Å². The van der Waals surface area contributed by atoms with E-state index in [1.54, 1.807) is 0 Å². The van der Waals surface area contributed by atoms with Gasteiger partial charge in [0.15, 0.2) is 0 Å². The Labute approximate surface area is 51.5 Å². The minimum Gasteiger partial charge on any atom is -0.390 e. The van der Waals surface area contributed by atoms with Crippen molar-refractivity contribution in [3.63, 3.8) is 0 Å². The Balaban J connectivity index is 0. The molecule has 0 bridgehead atoms. The molecule has 6 heteroatoms. The topological polar surface area (TPSA) is 29.3 Å².